The summed E-state index contributed by atoms with van der Waals surface area (Å²) in [6, 6.07) is 12.6. The molecule has 8 heteroatoms. The minimum absolute atomic E-state index is 0.254. The van der Waals surface area contributed by atoms with Crippen LogP contribution in [0.5, 0.6) is 0 Å². The first-order valence-electron chi connectivity index (χ1n) is 7.72. The highest BCUT2D eigenvalue weighted by atomic mass is 32.2. The Bertz CT molecular complexity index is 808. The Balaban J connectivity index is 1.97. The second kappa shape index (κ2) is 8.91. The van der Waals surface area contributed by atoms with Crippen molar-refractivity contribution in [3.63, 3.8) is 0 Å². The SMILES string of the molecule is CSc1ccccc1NC(=O)[C@@H](C)OC(=O)c1ccc(NC(N)=O)cc1. The lowest BCUT2D eigenvalue weighted by Crippen LogP contribution is -2.30. The van der Waals surface area contributed by atoms with E-state index in [4.69, 9.17) is 10.5 Å². The van der Waals surface area contributed by atoms with Gasteiger partial charge in [0.2, 0.25) is 0 Å². The highest BCUT2D eigenvalue weighted by Crippen LogP contribution is 2.24. The molecular weight excluding hydrogens is 354 g/mol. The minimum atomic E-state index is -0.971. The van der Waals surface area contributed by atoms with Gasteiger partial charge in [0.05, 0.1) is 11.3 Å². The maximum absolute atomic E-state index is 12.3. The van der Waals surface area contributed by atoms with Crippen molar-refractivity contribution < 1.29 is 19.1 Å². The predicted molar refractivity (Wildman–Crippen MR) is 101 cm³/mol. The molecule has 0 bridgehead atoms. The molecule has 2 aromatic carbocycles. The number of carbonyl (C=O) groups is 3. The van der Waals surface area contributed by atoms with Crippen molar-refractivity contribution in [1.29, 1.82) is 0 Å². The van der Waals surface area contributed by atoms with Crippen LogP contribution in [-0.2, 0) is 9.53 Å². The number of nitrogens with two attached hydrogens (primary N) is 1. The van der Waals surface area contributed by atoms with Gasteiger partial charge in [0.15, 0.2) is 6.10 Å². The summed E-state index contributed by atoms with van der Waals surface area (Å²) in [5.74, 6) is -1.07. The fraction of sp³-hybridized carbons (Fsp3) is 0.167. The molecule has 3 amide bonds. The molecule has 2 aromatic rings. The summed E-state index contributed by atoms with van der Waals surface area (Å²) in [6.45, 7) is 1.50. The Morgan fingerprint density at radius 3 is 2.31 bits per heavy atom. The topological polar surface area (TPSA) is 111 Å². The van der Waals surface area contributed by atoms with Gasteiger partial charge in [-0.1, -0.05) is 12.1 Å². The zero-order valence-corrected chi connectivity index (χ0v) is 15.1. The molecule has 0 aliphatic rings. The molecule has 0 aliphatic heterocycles. The number of benzene rings is 2. The zero-order chi connectivity index (χ0) is 19.1. The Hall–Kier alpha value is -3.00. The lowest BCUT2D eigenvalue weighted by molar-refractivity contribution is -0.123. The lowest BCUT2D eigenvalue weighted by Gasteiger charge is -2.15. The maximum atomic E-state index is 12.3. The minimum Gasteiger partial charge on any atom is -0.449 e. The summed E-state index contributed by atoms with van der Waals surface area (Å²) in [7, 11) is 0. The third-order valence-electron chi connectivity index (χ3n) is 3.41. The largest absolute Gasteiger partial charge is 0.449 e. The quantitative estimate of drug-likeness (QED) is 0.532. The van der Waals surface area contributed by atoms with Crippen LogP contribution in [0.3, 0.4) is 0 Å². The number of urea groups is 1. The summed E-state index contributed by atoms with van der Waals surface area (Å²) in [5.41, 5.74) is 6.39. The van der Waals surface area contributed by atoms with Crippen LogP contribution >= 0.6 is 11.8 Å². The van der Waals surface area contributed by atoms with E-state index >= 15 is 0 Å². The van der Waals surface area contributed by atoms with E-state index in [0.29, 0.717) is 11.4 Å². The summed E-state index contributed by atoms with van der Waals surface area (Å²) < 4.78 is 5.20. The molecule has 4 N–H and O–H groups in total. The molecule has 0 spiro atoms. The van der Waals surface area contributed by atoms with Gasteiger partial charge in [-0.2, -0.15) is 0 Å². The summed E-state index contributed by atoms with van der Waals surface area (Å²) in [5, 5.41) is 5.14. The van der Waals surface area contributed by atoms with Crippen LogP contribution in [0.2, 0.25) is 0 Å². The molecule has 0 saturated carbocycles. The summed E-state index contributed by atoms with van der Waals surface area (Å²) >= 11 is 1.50. The van der Waals surface area contributed by atoms with Gasteiger partial charge in [0.25, 0.3) is 5.91 Å². The van der Waals surface area contributed by atoms with Crippen LogP contribution < -0.4 is 16.4 Å². The van der Waals surface area contributed by atoms with Gasteiger partial charge < -0.3 is 21.1 Å². The number of esters is 1. The van der Waals surface area contributed by atoms with Gasteiger partial charge in [-0.3, -0.25) is 4.79 Å². The van der Waals surface area contributed by atoms with Crippen molar-refractivity contribution in [1.82, 2.24) is 0 Å². The molecule has 0 radical (unpaired) electrons. The van der Waals surface area contributed by atoms with E-state index in [0.717, 1.165) is 4.90 Å². The van der Waals surface area contributed by atoms with Crippen LogP contribution in [0.1, 0.15) is 17.3 Å². The molecule has 0 unspecified atom stereocenters. The van der Waals surface area contributed by atoms with E-state index in [1.54, 1.807) is 6.07 Å². The number of anilines is 2. The number of hydrogen-bond donors (Lipinski definition) is 3. The smallest absolute Gasteiger partial charge is 0.338 e. The van der Waals surface area contributed by atoms with E-state index in [1.165, 1.54) is 43.0 Å². The molecule has 7 nitrogen and oxygen atoms in total. The summed E-state index contributed by atoms with van der Waals surface area (Å²) in [4.78, 5) is 36.1. The van der Waals surface area contributed by atoms with E-state index in [1.807, 2.05) is 24.5 Å². The van der Waals surface area contributed by atoms with Gasteiger partial charge in [-0.05, 0) is 49.6 Å². The molecule has 136 valence electrons. The van der Waals surface area contributed by atoms with Crippen molar-refractivity contribution in [2.45, 2.75) is 17.9 Å². The lowest BCUT2D eigenvalue weighted by atomic mass is 10.2. The number of ether oxygens (including phenoxy) is 1. The highest BCUT2D eigenvalue weighted by molar-refractivity contribution is 7.98. The number of primary amides is 1. The van der Waals surface area contributed by atoms with E-state index in [-0.39, 0.29) is 5.56 Å². The second-order valence-corrected chi connectivity index (χ2v) is 6.15. The van der Waals surface area contributed by atoms with Crippen LogP contribution in [0, 0.1) is 0 Å². The molecule has 0 aliphatic carbocycles. The van der Waals surface area contributed by atoms with Crippen molar-refractivity contribution in [2.24, 2.45) is 5.73 Å². The van der Waals surface area contributed by atoms with E-state index < -0.39 is 24.0 Å². The fourth-order valence-electron chi connectivity index (χ4n) is 2.10. The highest BCUT2D eigenvalue weighted by Gasteiger charge is 2.19. The van der Waals surface area contributed by atoms with Crippen LogP contribution in [0.25, 0.3) is 0 Å². The van der Waals surface area contributed by atoms with E-state index in [9.17, 15) is 14.4 Å². The third kappa shape index (κ3) is 5.25. The number of thioether (sulfide) groups is 1. The standard InChI is InChI=1S/C18H19N3O4S/c1-11(16(22)21-14-5-3-4-6-15(14)26-2)25-17(23)12-7-9-13(10-8-12)20-18(19)24/h3-11H,1-2H3,(H,21,22)(H3,19,20,24)/t11-/m1/s1. The summed E-state index contributed by atoms with van der Waals surface area (Å²) in [6.07, 6.45) is 0.936. The Morgan fingerprint density at radius 2 is 1.69 bits per heavy atom. The third-order valence-corrected chi connectivity index (χ3v) is 4.20. The van der Waals surface area contributed by atoms with Gasteiger partial charge >= 0.3 is 12.0 Å². The Kier molecular flexibility index (Phi) is 6.62. The maximum Gasteiger partial charge on any atom is 0.338 e. The molecular formula is C18H19N3O4S. The van der Waals surface area contributed by atoms with Crippen LogP contribution in [0.15, 0.2) is 53.4 Å². The number of para-hydroxylation sites is 1. The normalized spacial score (nSPS) is 11.3. The molecule has 1 atom stereocenters. The van der Waals surface area contributed by atoms with Crippen LogP contribution in [0.4, 0.5) is 16.2 Å². The average molecular weight is 373 g/mol. The average Bonchev–Trinajstić information content (AvgIpc) is 2.62. The molecule has 0 fully saturated rings. The fourth-order valence-corrected chi connectivity index (χ4v) is 2.65. The molecule has 26 heavy (non-hydrogen) atoms. The van der Waals surface area contributed by atoms with Gasteiger partial charge in [-0.15, -0.1) is 11.8 Å². The first-order chi connectivity index (χ1) is 12.4. The number of hydrogen-bond acceptors (Lipinski definition) is 5. The molecule has 0 saturated heterocycles. The second-order valence-electron chi connectivity index (χ2n) is 5.30. The number of carbonyl (C=O) groups excluding carboxylic acids is 3. The van der Waals surface area contributed by atoms with Crippen molar-refractivity contribution in [2.75, 3.05) is 16.9 Å². The molecule has 2 rings (SSSR count). The van der Waals surface area contributed by atoms with Gasteiger partial charge in [0.1, 0.15) is 0 Å². The molecule has 0 aromatic heterocycles. The zero-order valence-electron chi connectivity index (χ0n) is 14.3. The first-order valence-corrected chi connectivity index (χ1v) is 8.94. The number of nitrogens with one attached hydrogen (secondary N) is 2. The van der Waals surface area contributed by atoms with Crippen LogP contribution in [-0.4, -0.2) is 30.3 Å². The van der Waals surface area contributed by atoms with Gasteiger partial charge in [0, 0.05) is 10.6 Å². The Morgan fingerprint density at radius 1 is 1.04 bits per heavy atom. The predicted octanol–water partition coefficient (Wildman–Crippen LogP) is 3.08. The van der Waals surface area contributed by atoms with Crippen molar-refractivity contribution in [3.05, 3.63) is 54.1 Å². The van der Waals surface area contributed by atoms with Gasteiger partial charge in [-0.25, -0.2) is 9.59 Å². The van der Waals surface area contributed by atoms with Crippen molar-refractivity contribution >= 4 is 41.0 Å². The van der Waals surface area contributed by atoms with Crippen molar-refractivity contribution in [3.8, 4) is 0 Å². The Labute approximate surface area is 155 Å². The number of rotatable bonds is 6. The van der Waals surface area contributed by atoms with E-state index in [2.05, 4.69) is 10.6 Å². The molecule has 0 heterocycles. The monoisotopic (exact) mass is 373 g/mol. The number of amides is 3. The first kappa shape index (κ1) is 19.3.